The molecule has 0 aliphatic rings. The molecule has 0 saturated carbocycles. The van der Waals surface area contributed by atoms with E-state index in [1.54, 1.807) is 17.7 Å². The maximum atomic E-state index is 11.5. The van der Waals surface area contributed by atoms with E-state index in [0.29, 0.717) is 13.2 Å². The fourth-order valence-corrected chi connectivity index (χ4v) is 5.02. The molecule has 0 fully saturated rings. The van der Waals surface area contributed by atoms with Crippen LogP contribution in [0.1, 0.15) is 30.9 Å². The lowest BCUT2D eigenvalue weighted by Gasteiger charge is -2.08. The Kier molecular flexibility index (Phi) is 9.69. The number of thioether (sulfide) groups is 1. The molecule has 0 bridgehead atoms. The van der Waals surface area contributed by atoms with Crippen molar-refractivity contribution in [3.63, 3.8) is 0 Å². The number of fused-ring (bicyclic) bond motifs is 1. The molecular weight excluding hydrogens is 514 g/mol. The normalized spacial score (nSPS) is 12.0. The Labute approximate surface area is 231 Å². The van der Waals surface area contributed by atoms with E-state index >= 15 is 0 Å². The molecule has 0 spiro atoms. The molecule has 1 heterocycles. The number of hydrogen-bond donors (Lipinski definition) is 2. The lowest BCUT2D eigenvalue weighted by Crippen LogP contribution is -2.11. The minimum Gasteiger partial charge on any atom is -0.494 e. The summed E-state index contributed by atoms with van der Waals surface area (Å²) in [6.45, 7) is 2.66. The fourth-order valence-electron chi connectivity index (χ4n) is 4.06. The van der Waals surface area contributed by atoms with Gasteiger partial charge in [0.15, 0.2) is 0 Å². The van der Waals surface area contributed by atoms with Crippen molar-refractivity contribution in [3.8, 4) is 11.5 Å². The van der Waals surface area contributed by atoms with Gasteiger partial charge in [0.2, 0.25) is 0 Å². The third-order valence-corrected chi connectivity index (χ3v) is 7.14. The van der Waals surface area contributed by atoms with E-state index in [1.165, 1.54) is 11.8 Å². The average molecular weight is 546 g/mol. The van der Waals surface area contributed by atoms with Crippen LogP contribution in [-0.2, 0) is 16.1 Å². The molecule has 8 heteroatoms. The van der Waals surface area contributed by atoms with Crippen LogP contribution in [0.3, 0.4) is 0 Å². The molecule has 39 heavy (non-hydrogen) atoms. The molecule has 0 saturated heterocycles. The Morgan fingerprint density at radius 2 is 1.54 bits per heavy atom. The van der Waals surface area contributed by atoms with Gasteiger partial charge in [0.1, 0.15) is 23.3 Å². The predicted molar refractivity (Wildman–Crippen MR) is 155 cm³/mol. The Bertz CT molecular complexity index is 1430. The molecule has 0 radical (unpaired) electrons. The maximum Gasteiger partial charge on any atom is 0.323 e. The van der Waals surface area contributed by atoms with E-state index in [-0.39, 0.29) is 6.54 Å². The summed E-state index contributed by atoms with van der Waals surface area (Å²) in [7, 11) is 0. The zero-order valence-electron chi connectivity index (χ0n) is 21.7. The number of para-hydroxylation sites is 2. The SMILES string of the molecule is CC(Sc1cn(CC(=O)O)c2c(C=Cc3ccc(OCCCCOc4ccccc4)cc3)cccc12)C(=O)O. The van der Waals surface area contributed by atoms with Gasteiger partial charge in [0.25, 0.3) is 0 Å². The van der Waals surface area contributed by atoms with Crippen molar-refractivity contribution < 1.29 is 29.3 Å². The molecule has 4 aromatic rings. The van der Waals surface area contributed by atoms with Crippen molar-refractivity contribution in [1.82, 2.24) is 4.57 Å². The van der Waals surface area contributed by atoms with Crippen LogP contribution < -0.4 is 9.47 Å². The number of aliphatic carboxylic acids is 2. The molecular formula is C31H31NO6S. The van der Waals surface area contributed by atoms with E-state index in [2.05, 4.69) is 0 Å². The Morgan fingerprint density at radius 3 is 2.18 bits per heavy atom. The second kappa shape index (κ2) is 13.6. The molecule has 3 aromatic carbocycles. The molecule has 7 nitrogen and oxygen atoms in total. The first-order valence-corrected chi connectivity index (χ1v) is 13.6. The van der Waals surface area contributed by atoms with Gasteiger partial charge in [-0.2, -0.15) is 0 Å². The van der Waals surface area contributed by atoms with Crippen LogP contribution in [0.2, 0.25) is 0 Å². The molecule has 0 amide bonds. The Hall–Kier alpha value is -4.17. The van der Waals surface area contributed by atoms with Gasteiger partial charge >= 0.3 is 11.9 Å². The quantitative estimate of drug-likeness (QED) is 0.103. The van der Waals surface area contributed by atoms with Gasteiger partial charge in [0.05, 0.1) is 18.7 Å². The number of carboxylic acid groups (broad SMARTS) is 2. The second-order valence-corrected chi connectivity index (χ2v) is 10.4. The first kappa shape index (κ1) is 27.9. The second-order valence-electron chi connectivity index (χ2n) is 8.98. The van der Waals surface area contributed by atoms with E-state index in [0.717, 1.165) is 51.3 Å². The fraction of sp³-hybridized carbons (Fsp3) is 0.226. The summed E-state index contributed by atoms with van der Waals surface area (Å²) < 4.78 is 13.2. The van der Waals surface area contributed by atoms with E-state index in [9.17, 15) is 19.8 Å². The monoisotopic (exact) mass is 545 g/mol. The zero-order valence-corrected chi connectivity index (χ0v) is 22.5. The summed E-state index contributed by atoms with van der Waals surface area (Å²) in [4.78, 5) is 23.6. The van der Waals surface area contributed by atoms with Crippen molar-refractivity contribution in [2.75, 3.05) is 13.2 Å². The van der Waals surface area contributed by atoms with Gasteiger partial charge in [-0.05, 0) is 55.2 Å². The number of nitrogens with zero attached hydrogens (tertiary/aromatic N) is 1. The van der Waals surface area contributed by atoms with Gasteiger partial charge < -0.3 is 24.3 Å². The van der Waals surface area contributed by atoms with Gasteiger partial charge in [-0.1, -0.05) is 60.7 Å². The van der Waals surface area contributed by atoms with Crippen LogP contribution >= 0.6 is 11.8 Å². The summed E-state index contributed by atoms with van der Waals surface area (Å²) in [5, 5.41) is 18.9. The third-order valence-electron chi connectivity index (χ3n) is 6.00. The van der Waals surface area contributed by atoms with Crippen molar-refractivity contribution in [1.29, 1.82) is 0 Å². The Morgan fingerprint density at radius 1 is 0.872 bits per heavy atom. The number of benzene rings is 3. The van der Waals surface area contributed by atoms with Crippen LogP contribution in [0.4, 0.5) is 0 Å². The van der Waals surface area contributed by atoms with Crippen LogP contribution in [0.15, 0.2) is 83.9 Å². The molecule has 1 unspecified atom stereocenters. The lowest BCUT2D eigenvalue weighted by molar-refractivity contribution is -0.138. The van der Waals surface area contributed by atoms with Gasteiger partial charge in [0, 0.05) is 16.5 Å². The highest BCUT2D eigenvalue weighted by atomic mass is 32.2. The topological polar surface area (TPSA) is 98.0 Å². The minimum atomic E-state index is -0.965. The number of unbranched alkanes of at least 4 members (excludes halogenated alkanes) is 1. The van der Waals surface area contributed by atoms with Crippen molar-refractivity contribution >= 4 is 46.8 Å². The number of aromatic nitrogens is 1. The maximum absolute atomic E-state index is 11.5. The number of rotatable bonds is 14. The smallest absolute Gasteiger partial charge is 0.323 e. The largest absolute Gasteiger partial charge is 0.494 e. The lowest BCUT2D eigenvalue weighted by atomic mass is 10.1. The average Bonchev–Trinajstić information content (AvgIpc) is 3.27. The molecule has 0 aliphatic carbocycles. The van der Waals surface area contributed by atoms with Gasteiger partial charge in [-0.25, -0.2) is 0 Å². The summed E-state index contributed by atoms with van der Waals surface area (Å²) in [5.41, 5.74) is 2.58. The van der Waals surface area contributed by atoms with Crippen molar-refractivity contribution in [2.24, 2.45) is 0 Å². The number of carboxylic acids is 2. The first-order valence-electron chi connectivity index (χ1n) is 12.7. The van der Waals surface area contributed by atoms with E-state index in [4.69, 9.17) is 9.47 Å². The summed E-state index contributed by atoms with van der Waals surface area (Å²) in [6.07, 6.45) is 7.42. The van der Waals surface area contributed by atoms with E-state index in [1.807, 2.05) is 84.9 Å². The minimum absolute atomic E-state index is 0.215. The summed E-state index contributed by atoms with van der Waals surface area (Å²) >= 11 is 1.21. The van der Waals surface area contributed by atoms with Crippen LogP contribution in [0.25, 0.3) is 23.1 Å². The summed E-state index contributed by atoms with van der Waals surface area (Å²) in [5.74, 6) is -0.212. The third kappa shape index (κ3) is 7.91. The van der Waals surface area contributed by atoms with E-state index < -0.39 is 17.2 Å². The number of ether oxygens (including phenoxy) is 2. The van der Waals surface area contributed by atoms with Crippen LogP contribution in [-0.4, -0.2) is 45.2 Å². The first-order chi connectivity index (χ1) is 18.9. The van der Waals surface area contributed by atoms with Crippen molar-refractivity contribution in [3.05, 3.63) is 90.1 Å². The molecule has 2 N–H and O–H groups in total. The standard InChI is InChI=1S/C31H31NO6S/c1-22(31(35)36)39-28-20-32(21-29(33)34)30-24(8-7-11-27(28)30)15-12-23-13-16-26(17-14-23)38-19-6-5-18-37-25-9-3-2-4-10-25/h2-4,7-17,20,22H,5-6,18-19,21H2,1H3,(H,33,34)(H,35,36). The van der Waals surface area contributed by atoms with Crippen LogP contribution in [0, 0.1) is 0 Å². The number of carbonyl (C=O) groups is 2. The molecule has 4 rings (SSSR count). The highest BCUT2D eigenvalue weighted by Gasteiger charge is 2.18. The predicted octanol–water partition coefficient (Wildman–Crippen LogP) is 6.70. The molecule has 1 atom stereocenters. The number of hydrogen-bond acceptors (Lipinski definition) is 5. The highest BCUT2D eigenvalue weighted by molar-refractivity contribution is 8.00. The summed E-state index contributed by atoms with van der Waals surface area (Å²) in [6, 6.07) is 23.3. The van der Waals surface area contributed by atoms with Gasteiger partial charge in [-0.3, -0.25) is 9.59 Å². The highest BCUT2D eigenvalue weighted by Crippen LogP contribution is 2.35. The molecule has 0 aliphatic heterocycles. The van der Waals surface area contributed by atoms with Crippen LogP contribution in [0.5, 0.6) is 11.5 Å². The molecule has 1 aromatic heterocycles. The van der Waals surface area contributed by atoms with Gasteiger partial charge in [-0.15, -0.1) is 11.8 Å². The molecule has 202 valence electrons. The zero-order chi connectivity index (χ0) is 27.6. The van der Waals surface area contributed by atoms with Crippen molar-refractivity contribution in [2.45, 2.75) is 36.5 Å². The Balaban J connectivity index is 1.38.